The van der Waals surface area contributed by atoms with Crippen molar-refractivity contribution >= 4 is 11.8 Å². The Morgan fingerprint density at radius 2 is 1.59 bits per heavy atom. The first-order valence-electron chi connectivity index (χ1n) is 10.1. The largest absolute Gasteiger partial charge is 0.494 e. The molecule has 0 saturated carbocycles. The number of carbonyl (C=O) groups excluding carboxylic acids is 2. The molecule has 3 rings (SSSR count). The van der Waals surface area contributed by atoms with Crippen molar-refractivity contribution in [3.05, 3.63) is 60.2 Å². The maximum atomic E-state index is 12.4. The van der Waals surface area contributed by atoms with Gasteiger partial charge in [0.05, 0.1) is 13.0 Å². The van der Waals surface area contributed by atoms with Gasteiger partial charge in [-0.05, 0) is 49.6 Å². The molecule has 0 atom stereocenters. The fourth-order valence-electron chi connectivity index (χ4n) is 3.37. The second-order valence-electron chi connectivity index (χ2n) is 7.08. The summed E-state index contributed by atoms with van der Waals surface area (Å²) in [6, 6.07) is 17.1. The van der Waals surface area contributed by atoms with E-state index in [1.54, 1.807) is 12.1 Å². The van der Waals surface area contributed by atoms with Gasteiger partial charge in [0.2, 0.25) is 5.91 Å². The zero-order valence-corrected chi connectivity index (χ0v) is 16.8. The van der Waals surface area contributed by atoms with E-state index < -0.39 is 0 Å². The predicted molar refractivity (Wildman–Crippen MR) is 111 cm³/mol. The highest BCUT2D eigenvalue weighted by Gasteiger charge is 2.23. The number of rotatable bonds is 8. The third-order valence-electron chi connectivity index (χ3n) is 4.92. The lowest BCUT2D eigenvalue weighted by Crippen LogP contribution is -2.47. The Labute approximate surface area is 171 Å². The van der Waals surface area contributed by atoms with Crippen LogP contribution in [0.15, 0.2) is 54.6 Å². The molecule has 2 amide bonds. The van der Waals surface area contributed by atoms with Gasteiger partial charge in [-0.2, -0.15) is 0 Å². The third kappa shape index (κ3) is 6.52. The molecule has 2 aromatic carbocycles. The van der Waals surface area contributed by atoms with Crippen LogP contribution in [0.2, 0.25) is 0 Å². The highest BCUT2D eigenvalue weighted by Crippen LogP contribution is 2.17. The number of hydrogen-bond donors (Lipinski definition) is 1. The summed E-state index contributed by atoms with van der Waals surface area (Å²) in [5.74, 6) is 1.40. The Balaban J connectivity index is 1.36. The molecule has 1 saturated heterocycles. The summed E-state index contributed by atoms with van der Waals surface area (Å²) in [4.78, 5) is 26.5. The number of benzene rings is 2. The van der Waals surface area contributed by atoms with Crippen LogP contribution in [0.5, 0.6) is 11.5 Å². The van der Waals surface area contributed by atoms with Crippen molar-refractivity contribution in [3.63, 3.8) is 0 Å². The lowest BCUT2D eigenvalue weighted by Gasteiger charge is -2.32. The molecule has 29 heavy (non-hydrogen) atoms. The van der Waals surface area contributed by atoms with Gasteiger partial charge >= 0.3 is 0 Å². The van der Waals surface area contributed by atoms with Crippen LogP contribution in [-0.2, 0) is 16.0 Å². The fourth-order valence-corrected chi connectivity index (χ4v) is 3.37. The lowest BCUT2D eigenvalue weighted by atomic mass is 10.0. The average molecular weight is 396 g/mol. The monoisotopic (exact) mass is 396 g/mol. The molecular formula is C23H28N2O4. The van der Waals surface area contributed by atoms with Gasteiger partial charge in [-0.25, -0.2) is 0 Å². The number of carbonyl (C=O) groups is 2. The molecule has 0 spiro atoms. The quantitative estimate of drug-likeness (QED) is 0.745. The fraction of sp³-hybridized carbons (Fsp3) is 0.391. The minimum absolute atomic E-state index is 0.0267. The van der Waals surface area contributed by atoms with E-state index in [1.807, 2.05) is 54.3 Å². The smallest absolute Gasteiger partial charge is 0.258 e. The van der Waals surface area contributed by atoms with Crippen molar-refractivity contribution in [2.75, 3.05) is 26.3 Å². The summed E-state index contributed by atoms with van der Waals surface area (Å²) in [6.07, 6.45) is 1.94. The first-order valence-corrected chi connectivity index (χ1v) is 10.1. The molecule has 2 aromatic rings. The first-order chi connectivity index (χ1) is 14.1. The van der Waals surface area contributed by atoms with E-state index >= 15 is 0 Å². The van der Waals surface area contributed by atoms with Crippen molar-refractivity contribution < 1.29 is 19.1 Å². The van der Waals surface area contributed by atoms with E-state index in [1.165, 1.54) is 0 Å². The van der Waals surface area contributed by atoms with Crippen molar-refractivity contribution in [3.8, 4) is 11.5 Å². The van der Waals surface area contributed by atoms with Crippen LogP contribution in [0.25, 0.3) is 0 Å². The van der Waals surface area contributed by atoms with Crippen molar-refractivity contribution in [1.82, 2.24) is 10.2 Å². The Kier molecular flexibility index (Phi) is 7.50. The second kappa shape index (κ2) is 10.5. The highest BCUT2D eigenvalue weighted by atomic mass is 16.5. The SMILES string of the molecule is CCOc1ccc(OCC(=O)NC2CCN(C(=O)Cc3ccccc3)CC2)cc1. The van der Waals surface area contributed by atoms with Gasteiger partial charge in [0.1, 0.15) is 11.5 Å². The highest BCUT2D eigenvalue weighted by molar-refractivity contribution is 5.79. The molecule has 0 aliphatic carbocycles. The van der Waals surface area contributed by atoms with Crippen molar-refractivity contribution in [2.24, 2.45) is 0 Å². The number of nitrogens with one attached hydrogen (secondary N) is 1. The molecule has 0 radical (unpaired) electrons. The van der Waals surface area contributed by atoms with Crippen LogP contribution < -0.4 is 14.8 Å². The second-order valence-corrected chi connectivity index (χ2v) is 7.08. The molecule has 154 valence electrons. The summed E-state index contributed by atoms with van der Waals surface area (Å²) < 4.78 is 10.9. The van der Waals surface area contributed by atoms with E-state index in [9.17, 15) is 9.59 Å². The molecule has 1 N–H and O–H groups in total. The third-order valence-corrected chi connectivity index (χ3v) is 4.92. The lowest BCUT2D eigenvalue weighted by molar-refractivity contribution is -0.131. The maximum Gasteiger partial charge on any atom is 0.258 e. The molecule has 1 fully saturated rings. The first kappa shape index (κ1) is 20.7. The number of hydrogen-bond acceptors (Lipinski definition) is 4. The summed E-state index contributed by atoms with van der Waals surface area (Å²) in [6.45, 7) is 3.84. The minimum atomic E-state index is -0.145. The number of nitrogens with zero attached hydrogens (tertiary/aromatic N) is 1. The molecule has 0 bridgehead atoms. The van der Waals surface area contributed by atoms with Gasteiger partial charge in [-0.15, -0.1) is 0 Å². The van der Waals surface area contributed by atoms with Crippen LogP contribution in [0.3, 0.4) is 0 Å². The summed E-state index contributed by atoms with van der Waals surface area (Å²) >= 11 is 0. The van der Waals surface area contributed by atoms with Gasteiger partial charge in [0.25, 0.3) is 5.91 Å². The summed E-state index contributed by atoms with van der Waals surface area (Å²) in [7, 11) is 0. The van der Waals surface area contributed by atoms with Gasteiger partial charge in [0.15, 0.2) is 6.61 Å². The Morgan fingerprint density at radius 3 is 2.21 bits per heavy atom. The van der Waals surface area contributed by atoms with Crippen LogP contribution in [0.1, 0.15) is 25.3 Å². The molecule has 6 nitrogen and oxygen atoms in total. The number of amides is 2. The normalized spacial score (nSPS) is 14.3. The Bertz CT molecular complexity index is 784. The molecule has 0 aromatic heterocycles. The topological polar surface area (TPSA) is 67.9 Å². The zero-order valence-electron chi connectivity index (χ0n) is 16.8. The van der Waals surface area contributed by atoms with Gasteiger partial charge < -0.3 is 19.7 Å². The van der Waals surface area contributed by atoms with E-state index in [4.69, 9.17) is 9.47 Å². The molecule has 1 heterocycles. The minimum Gasteiger partial charge on any atom is -0.494 e. The van der Waals surface area contributed by atoms with Crippen molar-refractivity contribution in [1.29, 1.82) is 0 Å². The van der Waals surface area contributed by atoms with E-state index in [0.717, 1.165) is 24.2 Å². The van der Waals surface area contributed by atoms with Crippen LogP contribution in [0, 0.1) is 0 Å². The van der Waals surface area contributed by atoms with E-state index in [-0.39, 0.29) is 24.5 Å². The van der Waals surface area contributed by atoms with Crippen LogP contribution in [-0.4, -0.2) is 49.1 Å². The Morgan fingerprint density at radius 1 is 0.966 bits per heavy atom. The van der Waals surface area contributed by atoms with Crippen molar-refractivity contribution in [2.45, 2.75) is 32.2 Å². The van der Waals surface area contributed by atoms with Gasteiger partial charge in [-0.1, -0.05) is 30.3 Å². The van der Waals surface area contributed by atoms with Gasteiger partial charge in [-0.3, -0.25) is 9.59 Å². The van der Waals surface area contributed by atoms with Crippen LogP contribution in [0.4, 0.5) is 0 Å². The number of ether oxygens (including phenoxy) is 2. The van der Waals surface area contributed by atoms with E-state index in [2.05, 4.69) is 5.32 Å². The van der Waals surface area contributed by atoms with Gasteiger partial charge in [0, 0.05) is 19.1 Å². The standard InChI is InChI=1S/C23H28N2O4/c1-2-28-20-8-10-21(11-9-20)29-17-22(26)24-19-12-14-25(15-13-19)23(27)16-18-6-4-3-5-7-18/h3-11,19H,2,12-17H2,1H3,(H,24,26). The molecule has 1 aliphatic rings. The summed E-state index contributed by atoms with van der Waals surface area (Å²) in [5.41, 5.74) is 1.03. The summed E-state index contributed by atoms with van der Waals surface area (Å²) in [5, 5.41) is 3.00. The predicted octanol–water partition coefficient (Wildman–Crippen LogP) is 2.81. The zero-order chi connectivity index (χ0) is 20.5. The number of likely N-dealkylation sites (tertiary alicyclic amines) is 1. The molecular weight excluding hydrogens is 368 g/mol. The molecule has 6 heteroatoms. The average Bonchev–Trinajstić information content (AvgIpc) is 2.75. The molecule has 1 aliphatic heterocycles. The molecule has 0 unspecified atom stereocenters. The van der Waals surface area contributed by atoms with E-state index in [0.29, 0.717) is 31.9 Å². The Hall–Kier alpha value is -3.02. The maximum absolute atomic E-state index is 12.4. The number of piperidine rings is 1. The van der Waals surface area contributed by atoms with Crippen LogP contribution >= 0.6 is 0 Å².